The van der Waals surface area contributed by atoms with Crippen molar-refractivity contribution in [2.24, 2.45) is 5.92 Å². The molecule has 2 aliphatic carbocycles. The lowest BCUT2D eigenvalue weighted by Crippen LogP contribution is -2.29. The minimum Gasteiger partial charge on any atom is -0.375 e. The average molecular weight is 393 g/mol. The summed E-state index contributed by atoms with van der Waals surface area (Å²) in [7, 11) is 0. The Kier molecular flexibility index (Phi) is 14.5. The summed E-state index contributed by atoms with van der Waals surface area (Å²) < 4.78 is 6.48. The van der Waals surface area contributed by atoms with Crippen molar-refractivity contribution in [3.8, 4) is 0 Å². The average Bonchev–Trinajstić information content (AvgIpc) is 2.72. The van der Waals surface area contributed by atoms with Crippen molar-refractivity contribution in [3.63, 3.8) is 0 Å². The van der Waals surface area contributed by atoms with Crippen LogP contribution in [0, 0.1) is 5.92 Å². The lowest BCUT2D eigenvalue weighted by Gasteiger charge is -2.33. The maximum atomic E-state index is 6.48. The van der Waals surface area contributed by atoms with E-state index in [1.54, 1.807) is 0 Å². The van der Waals surface area contributed by atoms with Crippen LogP contribution in [-0.4, -0.2) is 12.2 Å². The molecule has 0 saturated heterocycles. The van der Waals surface area contributed by atoms with Gasteiger partial charge in [-0.15, -0.1) is 0 Å². The minimum atomic E-state index is 0.601. The predicted molar refractivity (Wildman–Crippen MR) is 124 cm³/mol. The lowest BCUT2D eigenvalue weighted by molar-refractivity contribution is -0.0550. The number of ether oxygens (including phenoxy) is 1. The molecule has 2 rings (SSSR count). The van der Waals surface area contributed by atoms with Gasteiger partial charge in [0.2, 0.25) is 0 Å². The van der Waals surface area contributed by atoms with Crippen molar-refractivity contribution in [2.45, 2.75) is 167 Å². The quantitative estimate of drug-likeness (QED) is 0.238. The molecule has 1 heteroatoms. The van der Waals surface area contributed by atoms with E-state index in [9.17, 15) is 0 Å². The van der Waals surface area contributed by atoms with Crippen LogP contribution in [-0.2, 0) is 4.74 Å². The molecule has 1 nitrogen and oxygen atoms in total. The molecule has 2 fully saturated rings. The van der Waals surface area contributed by atoms with Crippen LogP contribution in [0.1, 0.15) is 155 Å². The van der Waals surface area contributed by atoms with Crippen LogP contribution in [0.5, 0.6) is 0 Å². The van der Waals surface area contributed by atoms with Crippen LogP contribution in [0.15, 0.2) is 0 Å². The standard InChI is InChI=1S/C27H52O/c1-2-3-4-5-6-7-8-9-10-11-12-13-15-19-25-20-18-23-27(24-25)28-26-21-16-14-17-22-26/h25-27H,2-24H2,1H3. The molecule has 166 valence electrons. The van der Waals surface area contributed by atoms with Gasteiger partial charge in [-0.1, -0.05) is 129 Å². The minimum absolute atomic E-state index is 0.601. The van der Waals surface area contributed by atoms with Crippen molar-refractivity contribution < 1.29 is 4.74 Å². The molecule has 0 heterocycles. The van der Waals surface area contributed by atoms with Gasteiger partial charge in [0.25, 0.3) is 0 Å². The van der Waals surface area contributed by atoms with Crippen LogP contribution < -0.4 is 0 Å². The van der Waals surface area contributed by atoms with Gasteiger partial charge in [0.15, 0.2) is 0 Å². The molecule has 0 spiro atoms. The summed E-state index contributed by atoms with van der Waals surface area (Å²) in [6, 6.07) is 0. The summed E-state index contributed by atoms with van der Waals surface area (Å²) >= 11 is 0. The van der Waals surface area contributed by atoms with Crippen molar-refractivity contribution in [1.29, 1.82) is 0 Å². The Bertz CT molecular complexity index is 333. The zero-order valence-corrected chi connectivity index (χ0v) is 19.4. The highest BCUT2D eigenvalue weighted by molar-refractivity contribution is 4.76. The Balaban J connectivity index is 1.36. The second kappa shape index (κ2) is 16.7. The summed E-state index contributed by atoms with van der Waals surface area (Å²) in [4.78, 5) is 0. The molecule has 0 aromatic rings. The SMILES string of the molecule is CCCCCCCCCCCCCCCC1CCCC(OC2CCCCC2)C1. The molecule has 2 aliphatic rings. The number of hydrogen-bond donors (Lipinski definition) is 0. The van der Waals surface area contributed by atoms with Crippen molar-refractivity contribution in [3.05, 3.63) is 0 Å². The van der Waals surface area contributed by atoms with Gasteiger partial charge < -0.3 is 4.74 Å². The van der Waals surface area contributed by atoms with Gasteiger partial charge in [-0.2, -0.15) is 0 Å². The number of rotatable bonds is 16. The Morgan fingerprint density at radius 3 is 1.68 bits per heavy atom. The predicted octanol–water partition coefficient (Wildman–Crippen LogP) is 9.38. The molecule has 0 aliphatic heterocycles. The molecule has 0 bridgehead atoms. The highest BCUT2D eigenvalue weighted by Gasteiger charge is 2.25. The van der Waals surface area contributed by atoms with E-state index in [0.29, 0.717) is 12.2 Å². The third-order valence-electron chi connectivity index (χ3n) is 7.39. The van der Waals surface area contributed by atoms with E-state index in [0.717, 1.165) is 5.92 Å². The number of unbranched alkanes of at least 4 members (excludes halogenated alkanes) is 12. The molecule has 2 unspecified atom stereocenters. The Morgan fingerprint density at radius 2 is 1.07 bits per heavy atom. The molecule has 0 aromatic heterocycles. The van der Waals surface area contributed by atoms with Crippen LogP contribution >= 0.6 is 0 Å². The Hall–Kier alpha value is -0.0400. The normalized spacial score (nSPS) is 23.9. The Labute approximate surface area is 177 Å². The second-order valence-corrected chi connectivity index (χ2v) is 10.1. The van der Waals surface area contributed by atoms with Crippen molar-refractivity contribution >= 4 is 0 Å². The first-order chi connectivity index (χ1) is 13.9. The van der Waals surface area contributed by atoms with Gasteiger partial charge in [-0.25, -0.2) is 0 Å². The summed E-state index contributed by atoms with van der Waals surface area (Å²) in [5.41, 5.74) is 0. The fraction of sp³-hybridized carbons (Fsp3) is 1.00. The molecular formula is C27H52O. The zero-order valence-electron chi connectivity index (χ0n) is 19.4. The molecule has 2 atom stereocenters. The summed E-state index contributed by atoms with van der Waals surface area (Å²) in [6.07, 6.45) is 34.2. The van der Waals surface area contributed by atoms with Crippen LogP contribution in [0.3, 0.4) is 0 Å². The van der Waals surface area contributed by atoms with Gasteiger partial charge in [0, 0.05) is 0 Å². The lowest BCUT2D eigenvalue weighted by atomic mass is 9.83. The summed E-state index contributed by atoms with van der Waals surface area (Å²) in [5.74, 6) is 0.968. The number of hydrogen-bond acceptors (Lipinski definition) is 1. The highest BCUT2D eigenvalue weighted by Crippen LogP contribution is 2.33. The topological polar surface area (TPSA) is 9.23 Å². The van der Waals surface area contributed by atoms with Gasteiger partial charge in [-0.3, -0.25) is 0 Å². The van der Waals surface area contributed by atoms with Gasteiger partial charge in [-0.05, 0) is 31.6 Å². The second-order valence-electron chi connectivity index (χ2n) is 10.1. The molecule has 0 N–H and O–H groups in total. The van der Waals surface area contributed by atoms with E-state index in [1.165, 1.54) is 148 Å². The first-order valence-electron chi connectivity index (χ1n) is 13.5. The van der Waals surface area contributed by atoms with Crippen LogP contribution in [0.25, 0.3) is 0 Å². The van der Waals surface area contributed by atoms with Crippen molar-refractivity contribution in [1.82, 2.24) is 0 Å². The largest absolute Gasteiger partial charge is 0.375 e. The third-order valence-corrected chi connectivity index (χ3v) is 7.39. The monoisotopic (exact) mass is 392 g/mol. The summed E-state index contributed by atoms with van der Waals surface area (Å²) in [5, 5.41) is 0. The molecule has 0 aromatic carbocycles. The first-order valence-corrected chi connectivity index (χ1v) is 13.5. The van der Waals surface area contributed by atoms with E-state index < -0.39 is 0 Å². The smallest absolute Gasteiger partial charge is 0.0581 e. The van der Waals surface area contributed by atoms with Crippen LogP contribution in [0.2, 0.25) is 0 Å². The van der Waals surface area contributed by atoms with Gasteiger partial charge in [0.1, 0.15) is 0 Å². The van der Waals surface area contributed by atoms with Crippen molar-refractivity contribution in [2.75, 3.05) is 0 Å². The highest BCUT2D eigenvalue weighted by atomic mass is 16.5. The van der Waals surface area contributed by atoms with E-state index >= 15 is 0 Å². The maximum Gasteiger partial charge on any atom is 0.0581 e. The fourth-order valence-corrected chi connectivity index (χ4v) is 5.55. The molecule has 28 heavy (non-hydrogen) atoms. The van der Waals surface area contributed by atoms with E-state index in [-0.39, 0.29) is 0 Å². The first kappa shape index (κ1) is 24.2. The molecule has 0 radical (unpaired) electrons. The van der Waals surface area contributed by atoms with E-state index in [2.05, 4.69) is 6.92 Å². The Morgan fingerprint density at radius 1 is 0.536 bits per heavy atom. The molecule has 2 saturated carbocycles. The molecule has 0 amide bonds. The zero-order chi connectivity index (χ0) is 19.7. The van der Waals surface area contributed by atoms with Gasteiger partial charge >= 0.3 is 0 Å². The van der Waals surface area contributed by atoms with E-state index in [4.69, 9.17) is 4.74 Å². The third kappa shape index (κ3) is 11.8. The van der Waals surface area contributed by atoms with E-state index in [1.807, 2.05) is 0 Å². The fourth-order valence-electron chi connectivity index (χ4n) is 5.55. The molecular weight excluding hydrogens is 340 g/mol. The van der Waals surface area contributed by atoms with Gasteiger partial charge in [0.05, 0.1) is 12.2 Å². The van der Waals surface area contributed by atoms with Crippen LogP contribution in [0.4, 0.5) is 0 Å². The maximum absolute atomic E-state index is 6.48. The summed E-state index contributed by atoms with van der Waals surface area (Å²) in [6.45, 7) is 2.30.